The Bertz CT molecular complexity index is 557. The molecule has 0 aromatic heterocycles. The topological polar surface area (TPSA) is 29.1 Å². The fourth-order valence-electron chi connectivity index (χ4n) is 1.86. The van der Waals surface area contributed by atoms with Crippen molar-refractivity contribution < 1.29 is 9.18 Å². The van der Waals surface area contributed by atoms with Crippen LogP contribution in [-0.2, 0) is 10.5 Å². The normalized spacial score (nSPS) is 10.3. The predicted molar refractivity (Wildman–Crippen MR) is 86.9 cm³/mol. The Morgan fingerprint density at radius 2 is 1.76 bits per heavy atom. The van der Waals surface area contributed by atoms with E-state index in [1.165, 1.54) is 17.7 Å². The summed E-state index contributed by atoms with van der Waals surface area (Å²) in [5.74, 6) is 1.60. The third-order valence-electron chi connectivity index (χ3n) is 2.93. The lowest BCUT2D eigenvalue weighted by molar-refractivity contribution is -0.116. The Hall–Kier alpha value is -1.81. The summed E-state index contributed by atoms with van der Waals surface area (Å²) in [5, 5.41) is 2.76. The van der Waals surface area contributed by atoms with Crippen LogP contribution >= 0.6 is 11.8 Å². The lowest BCUT2D eigenvalue weighted by Crippen LogP contribution is -2.11. The van der Waals surface area contributed by atoms with E-state index in [-0.39, 0.29) is 11.7 Å². The Balaban J connectivity index is 1.60. The highest BCUT2D eigenvalue weighted by Crippen LogP contribution is 2.14. The molecule has 0 spiro atoms. The van der Waals surface area contributed by atoms with Crippen molar-refractivity contribution in [2.75, 3.05) is 11.1 Å². The molecule has 110 valence electrons. The summed E-state index contributed by atoms with van der Waals surface area (Å²) in [5.41, 5.74) is 1.94. The summed E-state index contributed by atoms with van der Waals surface area (Å²) < 4.78 is 12.7. The number of carbonyl (C=O) groups is 1. The van der Waals surface area contributed by atoms with Gasteiger partial charge in [0.25, 0.3) is 0 Å². The van der Waals surface area contributed by atoms with E-state index < -0.39 is 0 Å². The predicted octanol–water partition coefficient (Wildman–Crippen LogP) is 4.48. The smallest absolute Gasteiger partial charge is 0.224 e. The molecule has 2 nitrogen and oxygen atoms in total. The van der Waals surface area contributed by atoms with Gasteiger partial charge < -0.3 is 5.32 Å². The average Bonchev–Trinajstić information content (AvgIpc) is 2.50. The number of hydrogen-bond acceptors (Lipinski definition) is 2. The number of halogens is 1. The molecule has 1 N–H and O–H groups in total. The maximum atomic E-state index is 12.7. The molecule has 2 aromatic rings. The second kappa shape index (κ2) is 8.47. The standard InChI is InChI=1S/C17H18FNOS/c18-15-8-10-16(11-9-15)19-17(20)7-4-12-21-13-14-5-2-1-3-6-14/h1-3,5-6,8-11H,4,7,12-13H2,(H,19,20). The van der Waals surface area contributed by atoms with Crippen LogP contribution in [0.2, 0.25) is 0 Å². The van der Waals surface area contributed by atoms with E-state index in [1.54, 1.807) is 12.1 Å². The first-order valence-electron chi connectivity index (χ1n) is 6.91. The van der Waals surface area contributed by atoms with Crippen LogP contribution in [0, 0.1) is 5.82 Å². The summed E-state index contributed by atoms with van der Waals surface area (Å²) in [7, 11) is 0. The quantitative estimate of drug-likeness (QED) is 0.764. The number of rotatable bonds is 7. The molecule has 21 heavy (non-hydrogen) atoms. The zero-order valence-corrected chi connectivity index (χ0v) is 12.5. The van der Waals surface area contributed by atoms with Gasteiger partial charge in [-0.25, -0.2) is 4.39 Å². The lowest BCUT2D eigenvalue weighted by Gasteiger charge is -2.05. The van der Waals surface area contributed by atoms with Crippen LogP contribution in [0.3, 0.4) is 0 Å². The third kappa shape index (κ3) is 6.00. The third-order valence-corrected chi connectivity index (χ3v) is 4.05. The van der Waals surface area contributed by atoms with Crippen molar-refractivity contribution in [3.8, 4) is 0 Å². The Morgan fingerprint density at radius 3 is 2.48 bits per heavy atom. The number of benzene rings is 2. The van der Waals surface area contributed by atoms with Gasteiger partial charge in [0, 0.05) is 17.9 Å². The monoisotopic (exact) mass is 303 g/mol. The largest absolute Gasteiger partial charge is 0.326 e. The molecule has 2 rings (SSSR count). The lowest BCUT2D eigenvalue weighted by atomic mass is 10.2. The summed E-state index contributed by atoms with van der Waals surface area (Å²) in [4.78, 5) is 11.7. The second-order valence-corrected chi connectivity index (χ2v) is 5.80. The van der Waals surface area contributed by atoms with Gasteiger partial charge >= 0.3 is 0 Å². The van der Waals surface area contributed by atoms with Crippen LogP contribution in [0.15, 0.2) is 54.6 Å². The highest BCUT2D eigenvalue weighted by Gasteiger charge is 2.02. The molecule has 0 atom stereocenters. The number of carbonyl (C=O) groups excluding carboxylic acids is 1. The molecule has 0 heterocycles. The van der Waals surface area contributed by atoms with E-state index in [2.05, 4.69) is 17.4 Å². The number of nitrogens with one attached hydrogen (secondary N) is 1. The minimum atomic E-state index is -0.301. The SMILES string of the molecule is O=C(CCCSCc1ccccc1)Nc1ccc(F)cc1. The zero-order chi connectivity index (χ0) is 14.9. The molecule has 0 unspecified atom stereocenters. The molecule has 4 heteroatoms. The van der Waals surface area contributed by atoms with E-state index >= 15 is 0 Å². The van der Waals surface area contributed by atoms with Gasteiger partial charge in [-0.05, 0) is 42.0 Å². The second-order valence-electron chi connectivity index (χ2n) is 4.70. The Morgan fingerprint density at radius 1 is 1.05 bits per heavy atom. The molecule has 0 bridgehead atoms. The van der Waals surface area contributed by atoms with Gasteiger partial charge in [0.15, 0.2) is 0 Å². The van der Waals surface area contributed by atoms with E-state index in [1.807, 2.05) is 30.0 Å². The first-order chi connectivity index (χ1) is 10.2. The molecule has 0 fully saturated rings. The summed E-state index contributed by atoms with van der Waals surface area (Å²) in [6.07, 6.45) is 1.32. The first-order valence-corrected chi connectivity index (χ1v) is 8.06. The Kier molecular flexibility index (Phi) is 6.28. The van der Waals surface area contributed by atoms with Gasteiger partial charge in [0.2, 0.25) is 5.91 Å². The van der Waals surface area contributed by atoms with E-state index in [4.69, 9.17) is 0 Å². The van der Waals surface area contributed by atoms with Crippen LogP contribution < -0.4 is 5.32 Å². The summed E-state index contributed by atoms with van der Waals surface area (Å²) in [6.45, 7) is 0. The number of anilines is 1. The fraction of sp³-hybridized carbons (Fsp3) is 0.235. The van der Waals surface area contributed by atoms with Crippen molar-refractivity contribution in [1.29, 1.82) is 0 Å². The van der Waals surface area contributed by atoms with Gasteiger partial charge in [-0.3, -0.25) is 4.79 Å². The van der Waals surface area contributed by atoms with Gasteiger partial charge in [-0.1, -0.05) is 30.3 Å². The van der Waals surface area contributed by atoms with Crippen LogP contribution in [0.4, 0.5) is 10.1 Å². The molecule has 0 radical (unpaired) electrons. The maximum Gasteiger partial charge on any atom is 0.224 e. The van der Waals surface area contributed by atoms with E-state index in [0.717, 1.165) is 17.9 Å². The van der Waals surface area contributed by atoms with Crippen molar-refractivity contribution >= 4 is 23.4 Å². The van der Waals surface area contributed by atoms with E-state index in [9.17, 15) is 9.18 Å². The van der Waals surface area contributed by atoms with Gasteiger partial charge in [-0.15, -0.1) is 0 Å². The number of thioether (sulfide) groups is 1. The van der Waals surface area contributed by atoms with Gasteiger partial charge in [0.1, 0.15) is 5.82 Å². The van der Waals surface area contributed by atoms with Crippen LogP contribution in [0.5, 0.6) is 0 Å². The highest BCUT2D eigenvalue weighted by molar-refractivity contribution is 7.98. The van der Waals surface area contributed by atoms with Crippen LogP contribution in [-0.4, -0.2) is 11.7 Å². The summed E-state index contributed by atoms with van der Waals surface area (Å²) in [6, 6.07) is 16.1. The number of amides is 1. The van der Waals surface area contributed by atoms with Crippen molar-refractivity contribution in [2.45, 2.75) is 18.6 Å². The molecule has 1 amide bonds. The summed E-state index contributed by atoms with van der Waals surface area (Å²) >= 11 is 1.83. The average molecular weight is 303 g/mol. The molecule has 0 aliphatic heterocycles. The maximum absolute atomic E-state index is 12.7. The minimum absolute atomic E-state index is 0.0260. The zero-order valence-electron chi connectivity index (χ0n) is 11.7. The minimum Gasteiger partial charge on any atom is -0.326 e. The van der Waals surface area contributed by atoms with Crippen molar-refractivity contribution in [1.82, 2.24) is 0 Å². The van der Waals surface area contributed by atoms with Crippen molar-refractivity contribution in [2.24, 2.45) is 0 Å². The molecule has 0 saturated heterocycles. The molecule has 0 saturated carbocycles. The Labute approximate surface area is 128 Å². The molecule has 0 aliphatic rings. The van der Waals surface area contributed by atoms with Crippen LogP contribution in [0.25, 0.3) is 0 Å². The van der Waals surface area contributed by atoms with Crippen LogP contribution in [0.1, 0.15) is 18.4 Å². The number of hydrogen-bond donors (Lipinski definition) is 1. The molecule has 2 aromatic carbocycles. The van der Waals surface area contributed by atoms with Crippen molar-refractivity contribution in [3.63, 3.8) is 0 Å². The van der Waals surface area contributed by atoms with Crippen molar-refractivity contribution in [3.05, 3.63) is 66.0 Å². The molecular formula is C17H18FNOS. The van der Waals surface area contributed by atoms with Gasteiger partial charge in [-0.2, -0.15) is 11.8 Å². The first kappa shape index (κ1) is 15.6. The fourth-order valence-corrected chi connectivity index (χ4v) is 2.78. The van der Waals surface area contributed by atoms with Gasteiger partial charge in [0.05, 0.1) is 0 Å². The highest BCUT2D eigenvalue weighted by atomic mass is 32.2. The molecule has 0 aliphatic carbocycles. The van der Waals surface area contributed by atoms with E-state index in [0.29, 0.717) is 12.1 Å². The molecular weight excluding hydrogens is 285 g/mol.